The van der Waals surface area contributed by atoms with Crippen molar-refractivity contribution in [3.05, 3.63) is 59.9 Å². The average Bonchev–Trinajstić information content (AvgIpc) is 3.04. The number of carbonyl (C=O) groups excluding carboxylic acids is 1. The Kier molecular flexibility index (Phi) is 5.03. The summed E-state index contributed by atoms with van der Waals surface area (Å²) in [6.07, 6.45) is 1.71. The molecule has 0 bridgehead atoms. The molecule has 0 aliphatic heterocycles. The number of carbonyl (C=O) groups is 1. The highest BCUT2D eigenvalue weighted by Gasteiger charge is 2.16. The van der Waals surface area contributed by atoms with Gasteiger partial charge in [0.2, 0.25) is 5.91 Å². The number of ether oxygens (including phenoxy) is 1. The van der Waals surface area contributed by atoms with Gasteiger partial charge in [-0.15, -0.1) is 0 Å². The molecule has 1 amide bonds. The summed E-state index contributed by atoms with van der Waals surface area (Å²) in [7, 11) is 0. The van der Waals surface area contributed by atoms with E-state index in [4.69, 9.17) is 4.74 Å². The predicted octanol–water partition coefficient (Wildman–Crippen LogP) is 3.41. The highest BCUT2D eigenvalue weighted by molar-refractivity contribution is 5.83. The molecule has 130 valence electrons. The quantitative estimate of drug-likeness (QED) is 0.701. The van der Waals surface area contributed by atoms with Crippen LogP contribution in [-0.2, 0) is 4.79 Å². The van der Waals surface area contributed by atoms with Gasteiger partial charge < -0.3 is 14.6 Å². The Bertz CT molecular complexity index is 865. The lowest BCUT2D eigenvalue weighted by Crippen LogP contribution is -2.33. The Hall–Kier alpha value is -2.82. The van der Waals surface area contributed by atoms with Gasteiger partial charge in [-0.05, 0) is 44.0 Å². The monoisotopic (exact) mass is 337 g/mol. The first kappa shape index (κ1) is 17.0. The van der Waals surface area contributed by atoms with Crippen LogP contribution in [0.3, 0.4) is 0 Å². The number of hydrogen-bond acceptors (Lipinski definition) is 3. The van der Waals surface area contributed by atoms with Crippen LogP contribution < -0.4 is 10.1 Å². The van der Waals surface area contributed by atoms with Gasteiger partial charge in [-0.3, -0.25) is 4.79 Å². The van der Waals surface area contributed by atoms with E-state index in [1.54, 1.807) is 6.33 Å². The number of aryl methyl sites for hydroxylation is 2. The van der Waals surface area contributed by atoms with Crippen molar-refractivity contribution < 1.29 is 9.53 Å². The molecule has 0 aliphatic carbocycles. The molecule has 2 aromatic carbocycles. The Labute approximate surface area is 147 Å². The third-order valence-corrected chi connectivity index (χ3v) is 4.33. The highest BCUT2D eigenvalue weighted by atomic mass is 16.5. The zero-order valence-electron chi connectivity index (χ0n) is 14.8. The summed E-state index contributed by atoms with van der Waals surface area (Å²) in [4.78, 5) is 16.8. The third kappa shape index (κ3) is 3.65. The van der Waals surface area contributed by atoms with Crippen molar-refractivity contribution in [1.29, 1.82) is 0 Å². The highest BCUT2D eigenvalue weighted by Crippen LogP contribution is 2.22. The van der Waals surface area contributed by atoms with Crippen molar-refractivity contribution in [3.8, 4) is 5.75 Å². The van der Waals surface area contributed by atoms with Gasteiger partial charge in [0.1, 0.15) is 18.4 Å². The minimum absolute atomic E-state index is 0.0479. The Morgan fingerprint density at radius 3 is 2.64 bits per heavy atom. The van der Waals surface area contributed by atoms with Gasteiger partial charge in [0.25, 0.3) is 0 Å². The molecule has 0 saturated heterocycles. The minimum atomic E-state index is -0.326. The normalized spacial score (nSPS) is 12.1. The van der Waals surface area contributed by atoms with E-state index in [0.29, 0.717) is 13.2 Å². The van der Waals surface area contributed by atoms with E-state index in [9.17, 15) is 4.79 Å². The SMILES string of the molecule is Cc1cccc(C)c1OCCNC(=O)[C@H](C)n1cnc2ccccc21. The first-order valence-electron chi connectivity index (χ1n) is 8.46. The molecule has 25 heavy (non-hydrogen) atoms. The number of hydrogen-bond donors (Lipinski definition) is 1. The van der Waals surface area contributed by atoms with Crippen LogP contribution in [0.1, 0.15) is 24.1 Å². The summed E-state index contributed by atoms with van der Waals surface area (Å²) < 4.78 is 7.71. The average molecular weight is 337 g/mol. The molecular weight excluding hydrogens is 314 g/mol. The second-order valence-electron chi connectivity index (χ2n) is 6.18. The molecule has 1 N–H and O–H groups in total. The van der Waals surface area contributed by atoms with E-state index < -0.39 is 0 Å². The number of rotatable bonds is 6. The van der Waals surface area contributed by atoms with Gasteiger partial charge in [0, 0.05) is 0 Å². The molecule has 0 aliphatic rings. The van der Waals surface area contributed by atoms with Crippen LogP contribution in [0.5, 0.6) is 5.75 Å². The zero-order valence-corrected chi connectivity index (χ0v) is 14.8. The van der Waals surface area contributed by atoms with Crippen LogP contribution in [0.4, 0.5) is 0 Å². The molecule has 0 radical (unpaired) electrons. The van der Waals surface area contributed by atoms with Crippen LogP contribution in [0.2, 0.25) is 0 Å². The van der Waals surface area contributed by atoms with E-state index >= 15 is 0 Å². The Balaban J connectivity index is 1.56. The largest absolute Gasteiger partial charge is 0.491 e. The number of amides is 1. The summed E-state index contributed by atoms with van der Waals surface area (Å²) in [5, 5.41) is 2.93. The molecule has 1 heterocycles. The number of aromatic nitrogens is 2. The smallest absolute Gasteiger partial charge is 0.242 e. The van der Waals surface area contributed by atoms with E-state index in [1.165, 1.54) is 0 Å². The van der Waals surface area contributed by atoms with E-state index in [0.717, 1.165) is 27.9 Å². The minimum Gasteiger partial charge on any atom is -0.491 e. The number of nitrogens with zero attached hydrogens (tertiary/aromatic N) is 2. The van der Waals surface area contributed by atoms with Crippen molar-refractivity contribution in [3.63, 3.8) is 0 Å². The van der Waals surface area contributed by atoms with Crippen LogP contribution in [-0.4, -0.2) is 28.6 Å². The maximum atomic E-state index is 12.4. The van der Waals surface area contributed by atoms with Gasteiger partial charge in [0.05, 0.1) is 23.9 Å². The van der Waals surface area contributed by atoms with Crippen molar-refractivity contribution in [2.24, 2.45) is 0 Å². The zero-order chi connectivity index (χ0) is 17.8. The molecule has 5 nitrogen and oxygen atoms in total. The number of benzene rings is 2. The fourth-order valence-corrected chi connectivity index (χ4v) is 2.92. The molecule has 3 rings (SSSR count). The predicted molar refractivity (Wildman–Crippen MR) is 98.9 cm³/mol. The van der Waals surface area contributed by atoms with Crippen molar-refractivity contribution >= 4 is 16.9 Å². The molecule has 3 aromatic rings. The standard InChI is InChI=1S/C20H23N3O2/c1-14-7-6-8-15(2)19(14)25-12-11-21-20(24)16(3)23-13-22-17-9-4-5-10-18(17)23/h4-10,13,16H,11-12H2,1-3H3,(H,21,24)/t16-/m0/s1. The van der Waals surface area contributed by atoms with Gasteiger partial charge in [-0.1, -0.05) is 30.3 Å². The molecule has 0 fully saturated rings. The van der Waals surface area contributed by atoms with Crippen molar-refractivity contribution in [2.45, 2.75) is 26.8 Å². The van der Waals surface area contributed by atoms with Crippen molar-refractivity contribution in [2.75, 3.05) is 13.2 Å². The fraction of sp³-hybridized carbons (Fsp3) is 0.300. The van der Waals surface area contributed by atoms with Crippen molar-refractivity contribution in [1.82, 2.24) is 14.9 Å². The van der Waals surface area contributed by atoms with Gasteiger partial charge in [0.15, 0.2) is 0 Å². The lowest BCUT2D eigenvalue weighted by atomic mass is 10.1. The summed E-state index contributed by atoms with van der Waals surface area (Å²) >= 11 is 0. The molecule has 1 aromatic heterocycles. The van der Waals surface area contributed by atoms with Gasteiger partial charge >= 0.3 is 0 Å². The molecule has 0 spiro atoms. The van der Waals surface area contributed by atoms with Gasteiger partial charge in [-0.25, -0.2) is 4.98 Å². The first-order chi connectivity index (χ1) is 12.1. The number of para-hydroxylation sites is 3. The Morgan fingerprint density at radius 2 is 1.88 bits per heavy atom. The molecule has 1 atom stereocenters. The second-order valence-corrected chi connectivity index (χ2v) is 6.18. The van der Waals surface area contributed by atoms with E-state index in [2.05, 4.69) is 10.3 Å². The second kappa shape index (κ2) is 7.38. The number of fused-ring (bicyclic) bond motifs is 1. The summed E-state index contributed by atoms with van der Waals surface area (Å²) in [5.41, 5.74) is 4.05. The maximum Gasteiger partial charge on any atom is 0.242 e. The van der Waals surface area contributed by atoms with Crippen LogP contribution in [0.15, 0.2) is 48.8 Å². The van der Waals surface area contributed by atoms with Crippen LogP contribution >= 0.6 is 0 Å². The van der Waals surface area contributed by atoms with Gasteiger partial charge in [-0.2, -0.15) is 0 Å². The first-order valence-corrected chi connectivity index (χ1v) is 8.46. The summed E-state index contributed by atoms with van der Waals surface area (Å²) in [6, 6.07) is 13.5. The van der Waals surface area contributed by atoms with Crippen LogP contribution in [0, 0.1) is 13.8 Å². The number of nitrogens with one attached hydrogen (secondary N) is 1. The molecular formula is C20H23N3O2. The topological polar surface area (TPSA) is 56.1 Å². The summed E-state index contributed by atoms with van der Waals surface area (Å²) in [6.45, 7) is 6.81. The summed E-state index contributed by atoms with van der Waals surface area (Å²) in [5.74, 6) is 0.846. The third-order valence-electron chi connectivity index (χ3n) is 4.33. The number of imidazole rings is 1. The maximum absolute atomic E-state index is 12.4. The van der Waals surface area contributed by atoms with E-state index in [-0.39, 0.29) is 11.9 Å². The molecule has 0 saturated carbocycles. The molecule has 5 heteroatoms. The Morgan fingerprint density at radius 1 is 1.16 bits per heavy atom. The lowest BCUT2D eigenvalue weighted by Gasteiger charge is -2.16. The fourth-order valence-electron chi connectivity index (χ4n) is 2.92. The lowest BCUT2D eigenvalue weighted by molar-refractivity contribution is -0.123. The van der Waals surface area contributed by atoms with Crippen LogP contribution in [0.25, 0.3) is 11.0 Å². The van der Waals surface area contributed by atoms with E-state index in [1.807, 2.05) is 67.8 Å². The molecule has 0 unspecified atom stereocenters.